The molecule has 1 saturated heterocycles. The summed E-state index contributed by atoms with van der Waals surface area (Å²) in [5.41, 5.74) is -0.173. The van der Waals surface area contributed by atoms with Gasteiger partial charge in [-0.1, -0.05) is 32.0 Å². The number of nitrogens with zero attached hydrogens (tertiary/aromatic N) is 1. The fraction of sp³-hybridized carbons (Fsp3) is 0.529. The molecule has 21 heavy (non-hydrogen) atoms. The van der Waals surface area contributed by atoms with E-state index in [1.54, 1.807) is 0 Å². The molecule has 0 atom stereocenters. The van der Waals surface area contributed by atoms with Crippen molar-refractivity contribution in [1.82, 2.24) is 4.90 Å². The second-order valence-electron chi connectivity index (χ2n) is 6.33. The number of hydrogen-bond donors (Lipinski definition) is 0. The van der Waals surface area contributed by atoms with E-state index < -0.39 is 0 Å². The second kappa shape index (κ2) is 7.12. The minimum absolute atomic E-state index is 0.00744. The number of benzene rings is 1. The predicted molar refractivity (Wildman–Crippen MR) is 86.1 cm³/mol. The van der Waals surface area contributed by atoms with Gasteiger partial charge in [0.05, 0.1) is 0 Å². The van der Waals surface area contributed by atoms with E-state index in [1.165, 1.54) is 9.80 Å². The number of rotatable bonds is 6. The first-order valence-electron chi connectivity index (χ1n) is 7.49. The first kappa shape index (κ1) is 16.1. The summed E-state index contributed by atoms with van der Waals surface area (Å²) in [7, 11) is 0. The largest absolute Gasteiger partial charge is 0.283 e. The normalized spacial score (nSPS) is 18.1. The van der Waals surface area contributed by atoms with E-state index in [4.69, 9.17) is 0 Å². The molecule has 2 amide bonds. The van der Waals surface area contributed by atoms with Crippen LogP contribution >= 0.6 is 11.8 Å². The molecule has 0 N–H and O–H groups in total. The van der Waals surface area contributed by atoms with E-state index in [-0.39, 0.29) is 17.2 Å². The van der Waals surface area contributed by atoms with Crippen molar-refractivity contribution < 1.29 is 9.59 Å². The minimum Gasteiger partial charge on any atom is -0.283 e. The van der Waals surface area contributed by atoms with E-state index in [2.05, 4.69) is 12.1 Å². The summed E-state index contributed by atoms with van der Waals surface area (Å²) in [5, 5.41) is 0. The Morgan fingerprint density at radius 1 is 1.05 bits per heavy atom. The average molecular weight is 305 g/mol. The number of amides is 2. The fourth-order valence-electron chi connectivity index (χ4n) is 2.54. The molecular weight excluding hydrogens is 282 g/mol. The van der Waals surface area contributed by atoms with Gasteiger partial charge >= 0.3 is 0 Å². The lowest BCUT2D eigenvalue weighted by molar-refractivity contribution is -0.152. The molecule has 1 aliphatic rings. The topological polar surface area (TPSA) is 37.4 Å². The summed E-state index contributed by atoms with van der Waals surface area (Å²) in [6, 6.07) is 10.3. The van der Waals surface area contributed by atoms with E-state index in [0.29, 0.717) is 19.4 Å². The number of imide groups is 1. The van der Waals surface area contributed by atoms with Crippen molar-refractivity contribution in [3.05, 3.63) is 30.3 Å². The van der Waals surface area contributed by atoms with Crippen LogP contribution in [0.5, 0.6) is 0 Å². The van der Waals surface area contributed by atoms with Crippen LogP contribution in [-0.2, 0) is 9.59 Å². The summed E-state index contributed by atoms with van der Waals surface area (Å²) < 4.78 is 0. The molecule has 0 aromatic heterocycles. The van der Waals surface area contributed by atoms with Crippen molar-refractivity contribution >= 4 is 23.6 Å². The molecule has 0 aliphatic carbocycles. The fourth-order valence-corrected chi connectivity index (χ4v) is 3.47. The molecule has 2 rings (SSSR count). The van der Waals surface area contributed by atoms with E-state index in [0.717, 1.165) is 18.6 Å². The van der Waals surface area contributed by atoms with Gasteiger partial charge in [0.2, 0.25) is 11.8 Å². The molecule has 0 radical (unpaired) electrons. The molecule has 4 heteroatoms. The van der Waals surface area contributed by atoms with Crippen LogP contribution in [0, 0.1) is 5.41 Å². The van der Waals surface area contributed by atoms with Crippen LogP contribution in [-0.4, -0.2) is 29.0 Å². The number of unbranched alkanes of at least 4 members (excludes halogenated alkanes) is 1. The molecular formula is C17H23NO2S. The second-order valence-corrected chi connectivity index (χ2v) is 7.49. The van der Waals surface area contributed by atoms with Crippen LogP contribution in [0.2, 0.25) is 0 Å². The minimum atomic E-state index is -0.173. The highest BCUT2D eigenvalue weighted by atomic mass is 32.2. The first-order valence-corrected chi connectivity index (χ1v) is 8.47. The van der Waals surface area contributed by atoms with Gasteiger partial charge in [0.25, 0.3) is 0 Å². The Morgan fingerprint density at radius 2 is 1.67 bits per heavy atom. The van der Waals surface area contributed by atoms with Crippen LogP contribution in [0.25, 0.3) is 0 Å². The standard InChI is InChI=1S/C17H23NO2S/c1-17(2)12-15(19)18(16(20)13-17)10-6-7-11-21-14-8-4-3-5-9-14/h3-5,8-9H,6-7,10-13H2,1-2H3. The molecule has 0 bridgehead atoms. The van der Waals surface area contributed by atoms with Gasteiger partial charge in [-0.15, -0.1) is 11.8 Å². The predicted octanol–water partition coefficient (Wildman–Crippen LogP) is 3.73. The van der Waals surface area contributed by atoms with Crippen molar-refractivity contribution in [1.29, 1.82) is 0 Å². The zero-order valence-corrected chi connectivity index (χ0v) is 13.6. The van der Waals surface area contributed by atoms with Gasteiger partial charge in [-0.25, -0.2) is 0 Å². The highest BCUT2D eigenvalue weighted by Gasteiger charge is 2.36. The van der Waals surface area contributed by atoms with Gasteiger partial charge in [-0.2, -0.15) is 0 Å². The maximum Gasteiger partial charge on any atom is 0.229 e. The summed E-state index contributed by atoms with van der Waals surface area (Å²) in [6.45, 7) is 4.54. The number of likely N-dealkylation sites (tertiary alicyclic amines) is 1. The molecule has 1 aromatic rings. The van der Waals surface area contributed by atoms with Crippen LogP contribution in [0.15, 0.2) is 35.2 Å². The summed E-state index contributed by atoms with van der Waals surface area (Å²) in [6.07, 6.45) is 2.87. The SMILES string of the molecule is CC1(C)CC(=O)N(CCCCSc2ccccc2)C(=O)C1. The molecule has 3 nitrogen and oxygen atoms in total. The zero-order chi connectivity index (χ0) is 15.3. The smallest absolute Gasteiger partial charge is 0.229 e. The van der Waals surface area contributed by atoms with Crippen LogP contribution in [0.4, 0.5) is 0 Å². The molecule has 0 spiro atoms. The van der Waals surface area contributed by atoms with Crippen molar-refractivity contribution in [3.8, 4) is 0 Å². The summed E-state index contributed by atoms with van der Waals surface area (Å²) in [4.78, 5) is 26.7. The molecule has 1 aromatic carbocycles. The Balaban J connectivity index is 1.69. The van der Waals surface area contributed by atoms with Gasteiger partial charge < -0.3 is 0 Å². The third kappa shape index (κ3) is 4.88. The molecule has 0 saturated carbocycles. The maximum absolute atomic E-state index is 12.0. The molecule has 1 fully saturated rings. The molecule has 114 valence electrons. The number of thioether (sulfide) groups is 1. The van der Waals surface area contributed by atoms with E-state index >= 15 is 0 Å². The van der Waals surface area contributed by atoms with Gasteiger partial charge in [-0.3, -0.25) is 14.5 Å². The lowest BCUT2D eigenvalue weighted by Crippen LogP contribution is -2.46. The summed E-state index contributed by atoms with van der Waals surface area (Å²) >= 11 is 1.82. The van der Waals surface area contributed by atoms with Gasteiger partial charge in [0, 0.05) is 24.3 Å². The van der Waals surface area contributed by atoms with Gasteiger partial charge in [0.15, 0.2) is 0 Å². The van der Waals surface area contributed by atoms with E-state index in [9.17, 15) is 9.59 Å². The Bertz CT molecular complexity index is 479. The number of carbonyl (C=O) groups is 2. The average Bonchev–Trinajstić information content (AvgIpc) is 2.41. The van der Waals surface area contributed by atoms with E-state index in [1.807, 2.05) is 43.8 Å². The van der Waals surface area contributed by atoms with Crippen molar-refractivity contribution in [2.75, 3.05) is 12.3 Å². The van der Waals surface area contributed by atoms with Gasteiger partial charge in [-0.05, 0) is 36.1 Å². The number of carbonyl (C=O) groups excluding carboxylic acids is 2. The first-order chi connectivity index (χ1) is 9.98. The van der Waals surface area contributed by atoms with Crippen LogP contribution < -0.4 is 0 Å². The molecule has 0 unspecified atom stereocenters. The Hall–Kier alpha value is -1.29. The van der Waals surface area contributed by atoms with Crippen molar-refractivity contribution in [2.45, 2.75) is 44.4 Å². The maximum atomic E-state index is 12.0. The zero-order valence-electron chi connectivity index (χ0n) is 12.8. The van der Waals surface area contributed by atoms with Crippen molar-refractivity contribution in [2.24, 2.45) is 5.41 Å². The molecule has 1 aliphatic heterocycles. The lowest BCUT2D eigenvalue weighted by atomic mass is 9.82. The Morgan fingerprint density at radius 3 is 2.29 bits per heavy atom. The Labute approximate surface area is 131 Å². The lowest BCUT2D eigenvalue weighted by Gasteiger charge is -2.34. The van der Waals surface area contributed by atoms with Crippen LogP contribution in [0.3, 0.4) is 0 Å². The monoisotopic (exact) mass is 305 g/mol. The van der Waals surface area contributed by atoms with Crippen molar-refractivity contribution in [3.63, 3.8) is 0 Å². The third-order valence-corrected chi connectivity index (χ3v) is 4.75. The Kier molecular flexibility index (Phi) is 5.45. The highest BCUT2D eigenvalue weighted by Crippen LogP contribution is 2.31. The number of hydrogen-bond acceptors (Lipinski definition) is 3. The third-order valence-electron chi connectivity index (χ3n) is 3.65. The highest BCUT2D eigenvalue weighted by molar-refractivity contribution is 7.99. The van der Waals surface area contributed by atoms with Crippen LogP contribution in [0.1, 0.15) is 39.5 Å². The summed E-state index contributed by atoms with van der Waals surface area (Å²) in [5.74, 6) is 1.00. The number of piperidine rings is 1. The molecule has 1 heterocycles. The van der Waals surface area contributed by atoms with Gasteiger partial charge in [0.1, 0.15) is 0 Å². The quantitative estimate of drug-likeness (QED) is 0.456.